The van der Waals surface area contributed by atoms with Crippen LogP contribution in [0.25, 0.3) is 22.6 Å². The fourth-order valence-electron chi connectivity index (χ4n) is 2.35. The molecule has 0 bridgehead atoms. The number of nitrogens with two attached hydrogens (primary N) is 1. The van der Waals surface area contributed by atoms with Crippen LogP contribution in [0.2, 0.25) is 0 Å². The van der Waals surface area contributed by atoms with Crippen LogP contribution in [-0.4, -0.2) is 15.9 Å². The lowest BCUT2D eigenvalue weighted by molar-refractivity contribution is -0.137. The minimum Gasteiger partial charge on any atom is -0.365 e. The molecule has 0 saturated heterocycles. The summed E-state index contributed by atoms with van der Waals surface area (Å²) in [6, 6.07) is 13.5. The molecule has 0 radical (unpaired) electrons. The fourth-order valence-corrected chi connectivity index (χ4v) is 2.35. The Morgan fingerprint density at radius 3 is 2.28 bits per heavy atom. The SMILES string of the molecule is NC(=O)c1cnc(-c2ccccc2)nc1-c1cccc(C(F)(F)F)c1. The van der Waals surface area contributed by atoms with Crippen molar-refractivity contribution in [3.8, 4) is 22.6 Å². The van der Waals surface area contributed by atoms with Crippen LogP contribution in [0.15, 0.2) is 60.8 Å². The number of benzene rings is 2. The highest BCUT2D eigenvalue weighted by Crippen LogP contribution is 2.33. The zero-order chi connectivity index (χ0) is 18.0. The molecule has 0 saturated carbocycles. The summed E-state index contributed by atoms with van der Waals surface area (Å²) in [5.41, 5.74) is 5.32. The number of rotatable bonds is 3. The minimum atomic E-state index is -4.50. The standard InChI is InChI=1S/C18H12F3N3O/c19-18(20,21)13-8-4-7-12(9-13)15-14(16(22)25)10-23-17(24-15)11-5-2-1-3-6-11/h1-10H,(H2,22,25). The second kappa shape index (κ2) is 6.35. The van der Waals surface area contributed by atoms with Crippen LogP contribution in [0.4, 0.5) is 13.2 Å². The number of amides is 1. The predicted molar refractivity (Wildman–Crippen MR) is 86.4 cm³/mol. The van der Waals surface area contributed by atoms with E-state index in [4.69, 9.17) is 5.73 Å². The van der Waals surface area contributed by atoms with Crippen molar-refractivity contribution in [3.05, 3.63) is 71.9 Å². The third-order valence-corrected chi connectivity index (χ3v) is 3.55. The van der Waals surface area contributed by atoms with Gasteiger partial charge in [-0.3, -0.25) is 4.79 Å². The van der Waals surface area contributed by atoms with Crippen molar-refractivity contribution >= 4 is 5.91 Å². The molecule has 1 aromatic heterocycles. The number of hydrogen-bond donors (Lipinski definition) is 1. The van der Waals surface area contributed by atoms with Gasteiger partial charge in [0, 0.05) is 17.3 Å². The van der Waals surface area contributed by atoms with E-state index in [1.54, 1.807) is 24.3 Å². The number of primary amides is 1. The molecular weight excluding hydrogens is 331 g/mol. The van der Waals surface area contributed by atoms with Crippen molar-refractivity contribution in [2.24, 2.45) is 5.73 Å². The summed E-state index contributed by atoms with van der Waals surface area (Å²) in [4.78, 5) is 20.0. The molecule has 0 aliphatic heterocycles. The monoisotopic (exact) mass is 343 g/mol. The second-order valence-electron chi connectivity index (χ2n) is 5.26. The number of hydrogen-bond acceptors (Lipinski definition) is 3. The lowest BCUT2D eigenvalue weighted by Gasteiger charge is -2.11. The van der Waals surface area contributed by atoms with Gasteiger partial charge < -0.3 is 5.73 Å². The molecule has 0 aliphatic carbocycles. The Morgan fingerprint density at radius 1 is 0.960 bits per heavy atom. The molecule has 0 spiro atoms. The second-order valence-corrected chi connectivity index (χ2v) is 5.26. The maximum absolute atomic E-state index is 13.0. The van der Waals surface area contributed by atoms with Gasteiger partial charge in [-0.05, 0) is 12.1 Å². The van der Waals surface area contributed by atoms with Gasteiger partial charge >= 0.3 is 6.18 Å². The number of nitrogens with zero attached hydrogens (tertiary/aromatic N) is 2. The molecule has 0 unspecified atom stereocenters. The highest BCUT2D eigenvalue weighted by molar-refractivity contribution is 5.98. The van der Waals surface area contributed by atoms with Gasteiger partial charge in [0.15, 0.2) is 5.82 Å². The Hall–Kier alpha value is -3.22. The maximum atomic E-state index is 13.0. The summed E-state index contributed by atoms with van der Waals surface area (Å²) in [5, 5.41) is 0. The largest absolute Gasteiger partial charge is 0.416 e. The first-order valence-electron chi connectivity index (χ1n) is 7.26. The molecule has 3 rings (SSSR count). The molecule has 0 atom stereocenters. The Bertz CT molecular complexity index is 924. The first kappa shape index (κ1) is 16.6. The average Bonchev–Trinajstić information content (AvgIpc) is 2.61. The normalized spacial score (nSPS) is 11.3. The Kier molecular flexibility index (Phi) is 4.22. The van der Waals surface area contributed by atoms with Crippen molar-refractivity contribution < 1.29 is 18.0 Å². The third kappa shape index (κ3) is 3.50. The summed E-state index contributed by atoms with van der Waals surface area (Å²) in [7, 11) is 0. The lowest BCUT2D eigenvalue weighted by atomic mass is 10.0. The van der Waals surface area contributed by atoms with Gasteiger partial charge in [0.2, 0.25) is 0 Å². The Balaban J connectivity index is 2.18. The van der Waals surface area contributed by atoms with E-state index in [-0.39, 0.29) is 22.6 Å². The molecular formula is C18H12F3N3O. The third-order valence-electron chi connectivity index (χ3n) is 3.55. The van der Waals surface area contributed by atoms with E-state index in [0.29, 0.717) is 5.56 Å². The van der Waals surface area contributed by atoms with Gasteiger partial charge in [-0.15, -0.1) is 0 Å². The van der Waals surface area contributed by atoms with E-state index in [0.717, 1.165) is 12.1 Å². The van der Waals surface area contributed by atoms with Crippen molar-refractivity contribution in [1.82, 2.24) is 9.97 Å². The molecule has 0 fully saturated rings. The van der Waals surface area contributed by atoms with E-state index in [2.05, 4.69) is 9.97 Å². The summed E-state index contributed by atoms with van der Waals surface area (Å²) >= 11 is 0. The van der Waals surface area contributed by atoms with E-state index in [1.165, 1.54) is 18.3 Å². The first-order valence-corrected chi connectivity index (χ1v) is 7.26. The number of alkyl halides is 3. The number of halogens is 3. The molecule has 1 amide bonds. The van der Waals surface area contributed by atoms with Crippen LogP contribution >= 0.6 is 0 Å². The highest BCUT2D eigenvalue weighted by atomic mass is 19.4. The topological polar surface area (TPSA) is 68.9 Å². The van der Waals surface area contributed by atoms with Crippen LogP contribution in [0.3, 0.4) is 0 Å². The minimum absolute atomic E-state index is 0.0426. The van der Waals surface area contributed by atoms with Crippen LogP contribution in [0.1, 0.15) is 15.9 Å². The van der Waals surface area contributed by atoms with Crippen LogP contribution in [0, 0.1) is 0 Å². The smallest absolute Gasteiger partial charge is 0.365 e. The Labute approximate surface area is 141 Å². The summed E-state index contributed by atoms with van der Waals surface area (Å²) in [6.07, 6.45) is -3.27. The van der Waals surface area contributed by atoms with Crippen molar-refractivity contribution in [3.63, 3.8) is 0 Å². The van der Waals surface area contributed by atoms with Crippen molar-refractivity contribution in [1.29, 1.82) is 0 Å². The molecule has 126 valence electrons. The molecule has 7 heteroatoms. The zero-order valence-electron chi connectivity index (χ0n) is 12.8. The van der Waals surface area contributed by atoms with E-state index < -0.39 is 17.6 Å². The molecule has 2 N–H and O–H groups in total. The molecule has 0 aliphatic rings. The van der Waals surface area contributed by atoms with Gasteiger partial charge in [-0.1, -0.05) is 42.5 Å². The van der Waals surface area contributed by atoms with Crippen LogP contribution in [0.5, 0.6) is 0 Å². The molecule has 1 heterocycles. The van der Waals surface area contributed by atoms with Gasteiger partial charge in [-0.25, -0.2) is 9.97 Å². The number of carbonyl (C=O) groups is 1. The van der Waals surface area contributed by atoms with Gasteiger partial charge in [-0.2, -0.15) is 13.2 Å². The first-order chi connectivity index (χ1) is 11.9. The molecule has 25 heavy (non-hydrogen) atoms. The summed E-state index contributed by atoms with van der Waals surface area (Å²) in [6.45, 7) is 0. The maximum Gasteiger partial charge on any atom is 0.416 e. The quantitative estimate of drug-likeness (QED) is 0.783. The van der Waals surface area contributed by atoms with E-state index in [9.17, 15) is 18.0 Å². The fraction of sp³-hybridized carbons (Fsp3) is 0.0556. The average molecular weight is 343 g/mol. The molecule has 4 nitrogen and oxygen atoms in total. The van der Waals surface area contributed by atoms with Crippen molar-refractivity contribution in [2.45, 2.75) is 6.18 Å². The summed E-state index contributed by atoms with van der Waals surface area (Å²) < 4.78 is 38.9. The number of aromatic nitrogens is 2. The Morgan fingerprint density at radius 2 is 1.64 bits per heavy atom. The summed E-state index contributed by atoms with van der Waals surface area (Å²) in [5.74, 6) is -0.523. The van der Waals surface area contributed by atoms with E-state index >= 15 is 0 Å². The van der Waals surface area contributed by atoms with Gasteiger partial charge in [0.25, 0.3) is 5.91 Å². The van der Waals surface area contributed by atoms with Gasteiger partial charge in [0.05, 0.1) is 16.8 Å². The molecule has 2 aromatic carbocycles. The van der Waals surface area contributed by atoms with Crippen LogP contribution < -0.4 is 5.73 Å². The van der Waals surface area contributed by atoms with Crippen LogP contribution in [-0.2, 0) is 6.18 Å². The molecule has 3 aromatic rings. The zero-order valence-corrected chi connectivity index (χ0v) is 12.8. The number of carbonyl (C=O) groups excluding carboxylic acids is 1. The van der Waals surface area contributed by atoms with Gasteiger partial charge in [0.1, 0.15) is 0 Å². The van der Waals surface area contributed by atoms with E-state index in [1.807, 2.05) is 6.07 Å². The highest BCUT2D eigenvalue weighted by Gasteiger charge is 2.31. The predicted octanol–water partition coefficient (Wildman–Crippen LogP) is 3.93. The lowest BCUT2D eigenvalue weighted by Crippen LogP contribution is -2.14. The van der Waals surface area contributed by atoms with Crippen molar-refractivity contribution in [2.75, 3.05) is 0 Å².